The number of thiophene rings is 1. The Balaban J connectivity index is 2.54. The largest absolute Gasteiger partial charge is 0.477 e. The highest BCUT2D eigenvalue weighted by molar-refractivity contribution is 7.12. The minimum atomic E-state index is -0.910. The highest BCUT2D eigenvalue weighted by atomic mass is 32.1. The highest BCUT2D eigenvalue weighted by Crippen LogP contribution is 2.18. The molecule has 1 heterocycles. The van der Waals surface area contributed by atoms with Crippen LogP contribution < -0.4 is 10.6 Å². The standard InChI is InChI=1S/C12H18N2O3S/c1-12(2,11(17)13-3)7-14-6-8-4-5-18-9(8)10(15)16/h4-5,14H,6-7H2,1-3H3,(H,13,17)(H,15,16). The van der Waals surface area contributed by atoms with E-state index in [9.17, 15) is 9.59 Å². The van der Waals surface area contributed by atoms with Gasteiger partial charge in [-0.15, -0.1) is 11.3 Å². The van der Waals surface area contributed by atoms with Gasteiger partial charge >= 0.3 is 5.97 Å². The first kappa shape index (κ1) is 14.7. The number of amides is 1. The Labute approximate surface area is 110 Å². The summed E-state index contributed by atoms with van der Waals surface area (Å²) in [5.41, 5.74) is 0.231. The molecule has 6 heteroatoms. The van der Waals surface area contributed by atoms with Crippen LogP contribution in [0.4, 0.5) is 0 Å². The van der Waals surface area contributed by atoms with Gasteiger partial charge < -0.3 is 15.7 Å². The molecular weight excluding hydrogens is 252 g/mol. The van der Waals surface area contributed by atoms with Crippen LogP contribution in [-0.4, -0.2) is 30.6 Å². The molecule has 0 aliphatic carbocycles. The van der Waals surface area contributed by atoms with E-state index < -0.39 is 11.4 Å². The van der Waals surface area contributed by atoms with Crippen molar-refractivity contribution >= 4 is 23.2 Å². The van der Waals surface area contributed by atoms with E-state index in [4.69, 9.17) is 5.11 Å². The normalized spacial score (nSPS) is 11.3. The van der Waals surface area contributed by atoms with Crippen LogP contribution in [0.15, 0.2) is 11.4 Å². The van der Waals surface area contributed by atoms with Crippen LogP contribution in [0, 0.1) is 5.41 Å². The third-order valence-corrected chi connectivity index (χ3v) is 3.61. The maximum absolute atomic E-state index is 11.6. The van der Waals surface area contributed by atoms with E-state index in [0.29, 0.717) is 18.0 Å². The number of rotatable bonds is 6. The molecule has 3 N–H and O–H groups in total. The van der Waals surface area contributed by atoms with Crippen molar-refractivity contribution in [3.8, 4) is 0 Å². The van der Waals surface area contributed by atoms with Gasteiger partial charge in [-0.25, -0.2) is 4.79 Å². The SMILES string of the molecule is CNC(=O)C(C)(C)CNCc1ccsc1C(=O)O. The fraction of sp³-hybridized carbons (Fsp3) is 0.500. The zero-order valence-corrected chi connectivity index (χ0v) is 11.6. The van der Waals surface area contributed by atoms with Crippen molar-refractivity contribution in [1.82, 2.24) is 10.6 Å². The smallest absolute Gasteiger partial charge is 0.346 e. The molecule has 1 rings (SSSR count). The van der Waals surface area contributed by atoms with Crippen molar-refractivity contribution in [2.75, 3.05) is 13.6 Å². The summed E-state index contributed by atoms with van der Waals surface area (Å²) in [5.74, 6) is -0.953. The van der Waals surface area contributed by atoms with Gasteiger partial charge in [-0.3, -0.25) is 4.79 Å². The van der Waals surface area contributed by atoms with Gasteiger partial charge in [0.25, 0.3) is 0 Å². The van der Waals surface area contributed by atoms with E-state index in [-0.39, 0.29) is 5.91 Å². The Morgan fingerprint density at radius 1 is 1.44 bits per heavy atom. The summed E-state index contributed by atoms with van der Waals surface area (Å²) in [6.45, 7) is 4.61. The van der Waals surface area contributed by atoms with Crippen LogP contribution in [0.3, 0.4) is 0 Å². The Morgan fingerprint density at radius 2 is 2.11 bits per heavy atom. The topological polar surface area (TPSA) is 78.4 Å². The predicted octanol–water partition coefficient (Wildman–Crippen LogP) is 1.31. The number of nitrogens with one attached hydrogen (secondary N) is 2. The lowest BCUT2D eigenvalue weighted by atomic mass is 9.92. The van der Waals surface area contributed by atoms with Crippen LogP contribution in [0.5, 0.6) is 0 Å². The predicted molar refractivity (Wildman–Crippen MR) is 70.8 cm³/mol. The lowest BCUT2D eigenvalue weighted by Gasteiger charge is -2.22. The zero-order chi connectivity index (χ0) is 13.8. The first-order valence-corrected chi connectivity index (χ1v) is 6.49. The monoisotopic (exact) mass is 270 g/mol. The lowest BCUT2D eigenvalue weighted by Crippen LogP contribution is -2.41. The summed E-state index contributed by atoms with van der Waals surface area (Å²) in [4.78, 5) is 22.8. The summed E-state index contributed by atoms with van der Waals surface area (Å²) in [6, 6.07) is 1.79. The first-order chi connectivity index (χ1) is 8.38. The second-order valence-corrected chi connectivity index (χ2v) is 5.56. The van der Waals surface area contributed by atoms with Gasteiger partial charge in [-0.05, 0) is 30.9 Å². The molecule has 0 saturated carbocycles. The van der Waals surface area contributed by atoms with Gasteiger partial charge in [0.2, 0.25) is 5.91 Å². The molecule has 0 aliphatic heterocycles. The molecule has 100 valence electrons. The van der Waals surface area contributed by atoms with Crippen molar-refractivity contribution in [3.05, 3.63) is 21.9 Å². The Kier molecular flexibility index (Phi) is 4.86. The van der Waals surface area contributed by atoms with E-state index in [2.05, 4.69) is 10.6 Å². The second-order valence-electron chi connectivity index (χ2n) is 4.65. The number of carbonyl (C=O) groups excluding carboxylic acids is 1. The number of carbonyl (C=O) groups is 2. The molecular formula is C12H18N2O3S. The van der Waals surface area contributed by atoms with Crippen LogP contribution in [0.1, 0.15) is 29.1 Å². The molecule has 0 fully saturated rings. The summed E-state index contributed by atoms with van der Waals surface area (Å²) in [7, 11) is 1.60. The van der Waals surface area contributed by atoms with E-state index in [1.807, 2.05) is 13.8 Å². The van der Waals surface area contributed by atoms with Crippen molar-refractivity contribution in [1.29, 1.82) is 0 Å². The minimum Gasteiger partial charge on any atom is -0.477 e. The van der Waals surface area contributed by atoms with Gasteiger partial charge in [0.1, 0.15) is 4.88 Å². The number of carboxylic acid groups (broad SMARTS) is 1. The van der Waals surface area contributed by atoms with Crippen molar-refractivity contribution in [2.24, 2.45) is 5.41 Å². The van der Waals surface area contributed by atoms with Gasteiger partial charge in [-0.2, -0.15) is 0 Å². The molecule has 0 aliphatic rings. The van der Waals surface area contributed by atoms with Crippen molar-refractivity contribution < 1.29 is 14.7 Å². The highest BCUT2D eigenvalue weighted by Gasteiger charge is 2.26. The Morgan fingerprint density at radius 3 is 2.67 bits per heavy atom. The molecule has 0 atom stereocenters. The summed E-state index contributed by atoms with van der Waals surface area (Å²) in [5, 5.41) is 16.4. The van der Waals surface area contributed by atoms with Gasteiger partial charge in [-0.1, -0.05) is 0 Å². The van der Waals surface area contributed by atoms with E-state index in [0.717, 1.165) is 5.56 Å². The fourth-order valence-corrected chi connectivity index (χ4v) is 2.35. The van der Waals surface area contributed by atoms with E-state index >= 15 is 0 Å². The van der Waals surface area contributed by atoms with Gasteiger partial charge in [0.05, 0.1) is 5.41 Å². The molecule has 5 nitrogen and oxygen atoms in total. The number of hydrogen-bond acceptors (Lipinski definition) is 4. The number of carboxylic acids is 1. The molecule has 0 saturated heterocycles. The summed E-state index contributed by atoms with van der Waals surface area (Å²) >= 11 is 1.21. The molecule has 0 unspecified atom stereocenters. The van der Waals surface area contributed by atoms with E-state index in [1.165, 1.54) is 11.3 Å². The number of hydrogen-bond donors (Lipinski definition) is 3. The fourth-order valence-electron chi connectivity index (χ4n) is 1.59. The Bertz CT molecular complexity index is 440. The molecule has 0 aromatic carbocycles. The average molecular weight is 270 g/mol. The average Bonchev–Trinajstić information content (AvgIpc) is 2.76. The molecule has 1 aromatic heterocycles. The Hall–Kier alpha value is -1.40. The van der Waals surface area contributed by atoms with Crippen LogP contribution >= 0.6 is 11.3 Å². The van der Waals surface area contributed by atoms with Crippen LogP contribution in [0.2, 0.25) is 0 Å². The summed E-state index contributed by atoms with van der Waals surface area (Å²) < 4.78 is 0. The lowest BCUT2D eigenvalue weighted by molar-refractivity contribution is -0.128. The molecule has 18 heavy (non-hydrogen) atoms. The van der Waals surface area contributed by atoms with Crippen LogP contribution in [-0.2, 0) is 11.3 Å². The molecule has 0 radical (unpaired) electrons. The molecule has 1 amide bonds. The molecule has 0 spiro atoms. The zero-order valence-electron chi connectivity index (χ0n) is 10.7. The van der Waals surface area contributed by atoms with Gasteiger partial charge in [0, 0.05) is 20.1 Å². The summed E-state index contributed by atoms with van der Waals surface area (Å²) in [6.07, 6.45) is 0. The van der Waals surface area contributed by atoms with E-state index in [1.54, 1.807) is 18.5 Å². The first-order valence-electron chi connectivity index (χ1n) is 5.61. The quantitative estimate of drug-likeness (QED) is 0.728. The number of aromatic carboxylic acids is 1. The maximum atomic E-state index is 11.6. The maximum Gasteiger partial charge on any atom is 0.346 e. The molecule has 1 aromatic rings. The van der Waals surface area contributed by atoms with Crippen molar-refractivity contribution in [3.63, 3.8) is 0 Å². The minimum absolute atomic E-state index is 0.0428. The third kappa shape index (κ3) is 3.54. The van der Waals surface area contributed by atoms with Crippen LogP contribution in [0.25, 0.3) is 0 Å². The van der Waals surface area contributed by atoms with Gasteiger partial charge in [0.15, 0.2) is 0 Å². The van der Waals surface area contributed by atoms with Crippen molar-refractivity contribution in [2.45, 2.75) is 20.4 Å². The second kappa shape index (κ2) is 5.97. The molecule has 0 bridgehead atoms. The third-order valence-electron chi connectivity index (χ3n) is 2.67.